The van der Waals surface area contributed by atoms with Crippen molar-refractivity contribution in [3.63, 3.8) is 0 Å². The SMILES string of the molecule is CC(CC(c1ccc(OC(=O)C(C)C(C)C)c(OC(=O)C(C)C(C)C)c1)[C@H](N)C(=O)O)OC(=O)c1ccccc1. The van der Waals surface area contributed by atoms with Gasteiger partial charge in [-0.05, 0) is 55.0 Å². The van der Waals surface area contributed by atoms with Crippen molar-refractivity contribution in [3.8, 4) is 11.5 Å². The first-order valence-electron chi connectivity index (χ1n) is 13.5. The van der Waals surface area contributed by atoms with Crippen LogP contribution in [0, 0.1) is 23.7 Å². The molecule has 9 heteroatoms. The molecule has 218 valence electrons. The molecule has 0 bridgehead atoms. The minimum Gasteiger partial charge on any atom is -0.480 e. The number of carbonyl (C=O) groups is 4. The summed E-state index contributed by atoms with van der Waals surface area (Å²) in [5.74, 6) is -4.45. The van der Waals surface area contributed by atoms with E-state index in [1.54, 1.807) is 57.2 Å². The lowest BCUT2D eigenvalue weighted by Crippen LogP contribution is -2.38. The first-order chi connectivity index (χ1) is 18.7. The Morgan fingerprint density at radius 3 is 1.80 bits per heavy atom. The van der Waals surface area contributed by atoms with E-state index in [1.165, 1.54) is 12.1 Å². The summed E-state index contributed by atoms with van der Waals surface area (Å²) in [7, 11) is 0. The van der Waals surface area contributed by atoms with E-state index in [2.05, 4.69) is 0 Å². The van der Waals surface area contributed by atoms with Crippen LogP contribution in [0.5, 0.6) is 11.5 Å². The molecule has 0 aliphatic rings. The van der Waals surface area contributed by atoms with Gasteiger partial charge in [0.25, 0.3) is 0 Å². The van der Waals surface area contributed by atoms with Gasteiger partial charge in [0.05, 0.1) is 17.4 Å². The van der Waals surface area contributed by atoms with Crippen molar-refractivity contribution in [2.75, 3.05) is 0 Å². The lowest BCUT2D eigenvalue weighted by atomic mass is 9.87. The van der Waals surface area contributed by atoms with Crippen LogP contribution in [0.1, 0.15) is 76.7 Å². The van der Waals surface area contributed by atoms with Gasteiger partial charge >= 0.3 is 23.9 Å². The van der Waals surface area contributed by atoms with Crippen LogP contribution >= 0.6 is 0 Å². The number of carbonyl (C=O) groups excluding carboxylic acids is 3. The van der Waals surface area contributed by atoms with Gasteiger partial charge in [0.15, 0.2) is 11.5 Å². The number of rotatable bonds is 13. The van der Waals surface area contributed by atoms with E-state index in [0.29, 0.717) is 11.1 Å². The molecule has 9 nitrogen and oxygen atoms in total. The first-order valence-corrected chi connectivity index (χ1v) is 13.5. The van der Waals surface area contributed by atoms with Crippen LogP contribution in [0.3, 0.4) is 0 Å². The second-order valence-corrected chi connectivity index (χ2v) is 10.9. The summed E-state index contributed by atoms with van der Waals surface area (Å²) < 4.78 is 16.8. The topological polar surface area (TPSA) is 142 Å². The molecule has 0 amide bonds. The Balaban J connectivity index is 2.43. The lowest BCUT2D eigenvalue weighted by Gasteiger charge is -2.26. The molecule has 0 fully saturated rings. The highest BCUT2D eigenvalue weighted by atomic mass is 16.6. The largest absolute Gasteiger partial charge is 0.480 e. The predicted molar refractivity (Wildman–Crippen MR) is 150 cm³/mol. The maximum Gasteiger partial charge on any atom is 0.338 e. The van der Waals surface area contributed by atoms with E-state index in [4.69, 9.17) is 19.9 Å². The Hall–Kier alpha value is -3.72. The van der Waals surface area contributed by atoms with Crippen LogP contribution in [-0.2, 0) is 19.1 Å². The van der Waals surface area contributed by atoms with Gasteiger partial charge in [-0.1, -0.05) is 65.8 Å². The van der Waals surface area contributed by atoms with Crippen LogP contribution < -0.4 is 15.2 Å². The molecule has 0 heterocycles. The van der Waals surface area contributed by atoms with Crippen molar-refractivity contribution in [1.29, 1.82) is 0 Å². The number of esters is 3. The number of carboxylic acids is 1. The van der Waals surface area contributed by atoms with Crippen molar-refractivity contribution in [2.45, 2.75) is 73.0 Å². The predicted octanol–water partition coefficient (Wildman–Crippen LogP) is 5.21. The van der Waals surface area contributed by atoms with E-state index in [9.17, 15) is 24.3 Å². The average molecular weight is 556 g/mol. The third kappa shape index (κ3) is 8.91. The molecule has 0 saturated carbocycles. The van der Waals surface area contributed by atoms with Gasteiger partial charge in [0.2, 0.25) is 0 Å². The van der Waals surface area contributed by atoms with Crippen molar-refractivity contribution in [3.05, 3.63) is 59.7 Å². The maximum absolute atomic E-state index is 12.9. The number of benzene rings is 2. The fourth-order valence-corrected chi connectivity index (χ4v) is 3.76. The third-order valence-electron chi connectivity index (χ3n) is 7.18. The number of hydrogen-bond donors (Lipinski definition) is 2. The molecule has 0 aliphatic heterocycles. The van der Waals surface area contributed by atoms with Crippen molar-refractivity contribution >= 4 is 23.9 Å². The Bertz CT molecular complexity index is 1180. The number of ether oxygens (including phenoxy) is 3. The van der Waals surface area contributed by atoms with E-state index in [-0.39, 0.29) is 29.8 Å². The van der Waals surface area contributed by atoms with Crippen LogP contribution in [0.15, 0.2) is 48.5 Å². The molecule has 0 saturated heterocycles. The zero-order chi connectivity index (χ0) is 30.1. The lowest BCUT2D eigenvalue weighted by molar-refractivity contribution is -0.142. The fourth-order valence-electron chi connectivity index (χ4n) is 3.76. The van der Waals surface area contributed by atoms with Gasteiger partial charge < -0.3 is 25.1 Å². The third-order valence-corrected chi connectivity index (χ3v) is 7.18. The molecule has 0 aliphatic carbocycles. The van der Waals surface area contributed by atoms with E-state index >= 15 is 0 Å². The minimum absolute atomic E-state index is 0.00372. The zero-order valence-electron chi connectivity index (χ0n) is 24.2. The minimum atomic E-state index is -1.36. The number of nitrogens with two attached hydrogens (primary N) is 1. The zero-order valence-corrected chi connectivity index (χ0v) is 24.2. The maximum atomic E-state index is 12.9. The smallest absolute Gasteiger partial charge is 0.338 e. The second-order valence-electron chi connectivity index (χ2n) is 10.9. The summed E-state index contributed by atoms with van der Waals surface area (Å²) in [4.78, 5) is 50.0. The summed E-state index contributed by atoms with van der Waals surface area (Å²) in [6, 6.07) is 11.6. The summed E-state index contributed by atoms with van der Waals surface area (Å²) in [6.07, 6.45) is -0.620. The molecule has 2 rings (SSSR count). The highest BCUT2D eigenvalue weighted by Gasteiger charge is 2.31. The Morgan fingerprint density at radius 1 is 0.775 bits per heavy atom. The summed E-state index contributed by atoms with van der Waals surface area (Å²) >= 11 is 0. The highest BCUT2D eigenvalue weighted by molar-refractivity contribution is 5.89. The van der Waals surface area contributed by atoms with Crippen LogP contribution in [0.4, 0.5) is 0 Å². The van der Waals surface area contributed by atoms with Gasteiger partial charge in [0, 0.05) is 5.92 Å². The van der Waals surface area contributed by atoms with Gasteiger partial charge in [-0.3, -0.25) is 14.4 Å². The number of aliphatic carboxylic acids is 1. The number of carboxylic acid groups (broad SMARTS) is 1. The molecule has 40 heavy (non-hydrogen) atoms. The monoisotopic (exact) mass is 555 g/mol. The molecule has 0 radical (unpaired) electrons. The first kappa shape index (κ1) is 32.5. The highest BCUT2D eigenvalue weighted by Crippen LogP contribution is 2.36. The number of hydrogen-bond acceptors (Lipinski definition) is 8. The van der Waals surface area contributed by atoms with Gasteiger partial charge in [0.1, 0.15) is 12.1 Å². The summed E-state index contributed by atoms with van der Waals surface area (Å²) in [5.41, 5.74) is 6.87. The van der Waals surface area contributed by atoms with E-state index in [0.717, 1.165) is 0 Å². The average Bonchev–Trinajstić information content (AvgIpc) is 2.91. The Morgan fingerprint density at radius 2 is 1.30 bits per heavy atom. The molecule has 5 atom stereocenters. The second kappa shape index (κ2) is 14.6. The van der Waals surface area contributed by atoms with Gasteiger partial charge in [-0.25, -0.2) is 4.79 Å². The molecule has 0 spiro atoms. The van der Waals surface area contributed by atoms with Crippen molar-refractivity contribution in [1.82, 2.24) is 0 Å². The molecule has 2 aromatic carbocycles. The van der Waals surface area contributed by atoms with E-state index < -0.39 is 53.8 Å². The summed E-state index contributed by atoms with van der Waals surface area (Å²) in [6.45, 7) is 12.7. The molecule has 4 unspecified atom stereocenters. The Kier molecular flexibility index (Phi) is 11.9. The van der Waals surface area contributed by atoms with Crippen LogP contribution in [0.25, 0.3) is 0 Å². The molecular formula is C31H41NO8. The van der Waals surface area contributed by atoms with Crippen molar-refractivity contribution < 1.29 is 38.5 Å². The molecule has 2 aromatic rings. The van der Waals surface area contributed by atoms with E-state index in [1.807, 2.05) is 27.7 Å². The molecule has 3 N–H and O–H groups in total. The Labute approximate surface area is 236 Å². The van der Waals surface area contributed by atoms with Gasteiger partial charge in [-0.15, -0.1) is 0 Å². The van der Waals surface area contributed by atoms with Gasteiger partial charge in [-0.2, -0.15) is 0 Å². The molecule has 0 aromatic heterocycles. The van der Waals surface area contributed by atoms with Crippen molar-refractivity contribution in [2.24, 2.45) is 29.4 Å². The molecular weight excluding hydrogens is 514 g/mol. The van der Waals surface area contributed by atoms with Crippen LogP contribution in [-0.4, -0.2) is 41.1 Å². The summed E-state index contributed by atoms with van der Waals surface area (Å²) in [5, 5.41) is 9.73. The van der Waals surface area contributed by atoms with Crippen LogP contribution in [0.2, 0.25) is 0 Å². The fraction of sp³-hybridized carbons (Fsp3) is 0.484. The standard InChI is InChI=1S/C31H41NO8/c1-17(2)20(6)29(35)39-25-14-13-23(16-26(25)40-30(36)21(7)18(3)4)24(27(32)28(33)34)15-19(5)38-31(37)22-11-9-8-10-12-22/h8-14,16-21,24,27H,15,32H2,1-7H3,(H,33,34)/t19?,20?,21?,24?,27-/m0/s1. The normalized spacial score (nSPS) is 15.1. The quantitative estimate of drug-likeness (QED) is 0.251.